The third-order valence-corrected chi connectivity index (χ3v) is 8.25. The monoisotopic (exact) mass is 535 g/mol. The number of halogens is 3. The van der Waals surface area contributed by atoms with Crippen molar-refractivity contribution in [3.05, 3.63) is 27.0 Å². The quantitative estimate of drug-likeness (QED) is 0.349. The van der Waals surface area contributed by atoms with Crippen LogP contribution in [0.2, 0.25) is 0 Å². The van der Waals surface area contributed by atoms with Crippen molar-refractivity contribution < 1.29 is 41.1 Å². The number of benzene rings is 1. The zero-order valence-corrected chi connectivity index (χ0v) is 19.2. The van der Waals surface area contributed by atoms with E-state index >= 15 is 0 Å². The van der Waals surface area contributed by atoms with E-state index in [2.05, 4.69) is 21.2 Å². The molecule has 0 unspecified atom stereocenters. The minimum absolute atomic E-state index is 0.0214. The highest BCUT2D eigenvalue weighted by Crippen LogP contribution is 2.63. The Balaban J connectivity index is 2.57. The molecule has 0 fully saturated rings. The first kappa shape index (κ1) is 24.2. The lowest BCUT2D eigenvalue weighted by Crippen LogP contribution is -2.17. The normalized spacial score (nSPS) is 12.9. The summed E-state index contributed by atoms with van der Waals surface area (Å²) in [5.74, 6) is -0.664. The summed E-state index contributed by atoms with van der Waals surface area (Å²) in [4.78, 5) is 29.2. The van der Waals surface area contributed by atoms with Gasteiger partial charge in [0, 0.05) is 28.7 Å². The van der Waals surface area contributed by atoms with Crippen LogP contribution in [0.25, 0.3) is 10.1 Å². The number of thiophene rings is 1. The smallest absolute Gasteiger partial charge is 0.400 e. The lowest BCUT2D eigenvalue weighted by molar-refractivity contribution is 0.0595. The molecule has 2 aromatic rings. The Kier molecular flexibility index (Phi) is 7.13. The van der Waals surface area contributed by atoms with Crippen LogP contribution in [0.1, 0.15) is 21.7 Å². The van der Waals surface area contributed by atoms with Gasteiger partial charge in [-0.25, -0.2) is 8.42 Å². The van der Waals surface area contributed by atoms with Crippen molar-refractivity contribution >= 4 is 60.7 Å². The molecule has 14 heteroatoms. The van der Waals surface area contributed by atoms with Gasteiger partial charge in [0.25, 0.3) is 5.91 Å². The second-order valence-corrected chi connectivity index (χ2v) is 11.8. The van der Waals surface area contributed by atoms with Crippen LogP contribution in [0.15, 0.2) is 16.6 Å². The fourth-order valence-electron chi connectivity index (χ4n) is 2.35. The van der Waals surface area contributed by atoms with Gasteiger partial charge in [-0.3, -0.25) is 9.36 Å². The number of sulfone groups is 1. The molecular formula is C15H17BrF2NO7PS2. The summed E-state index contributed by atoms with van der Waals surface area (Å²) in [5, 5.41) is 2.49. The Hall–Kier alpha value is -1.11. The van der Waals surface area contributed by atoms with Gasteiger partial charge in [0.05, 0.1) is 17.1 Å². The van der Waals surface area contributed by atoms with E-state index in [1.807, 2.05) is 0 Å². The predicted octanol–water partition coefficient (Wildman–Crippen LogP) is 3.06. The molecule has 162 valence electrons. The second kappa shape index (κ2) is 8.56. The van der Waals surface area contributed by atoms with Crippen LogP contribution >= 0.6 is 34.9 Å². The summed E-state index contributed by atoms with van der Waals surface area (Å²) < 4.78 is 67.7. The van der Waals surface area contributed by atoms with Crippen LogP contribution in [0.4, 0.5) is 8.78 Å². The van der Waals surface area contributed by atoms with E-state index in [4.69, 9.17) is 14.5 Å². The van der Waals surface area contributed by atoms with E-state index in [0.717, 1.165) is 6.26 Å². The Labute approximate surface area is 177 Å². The first-order valence-corrected chi connectivity index (χ1v) is 13.2. The first-order valence-electron chi connectivity index (χ1n) is 7.91. The van der Waals surface area contributed by atoms with E-state index in [0.29, 0.717) is 11.3 Å². The molecule has 0 saturated heterocycles. The Morgan fingerprint density at radius 3 is 2.52 bits per heavy atom. The molecule has 29 heavy (non-hydrogen) atoms. The molecule has 2 rings (SSSR count). The van der Waals surface area contributed by atoms with Crippen LogP contribution in [0.5, 0.6) is 5.75 Å². The molecule has 0 aliphatic carbocycles. The van der Waals surface area contributed by atoms with Gasteiger partial charge >= 0.3 is 13.3 Å². The number of hydrogen-bond acceptors (Lipinski definition) is 6. The molecule has 8 nitrogen and oxygen atoms in total. The molecule has 0 radical (unpaired) electrons. The van der Waals surface area contributed by atoms with E-state index in [9.17, 15) is 26.6 Å². The molecule has 1 heterocycles. The Morgan fingerprint density at radius 2 is 2.00 bits per heavy atom. The zero-order chi connectivity index (χ0) is 22.2. The topological polar surface area (TPSA) is 130 Å². The van der Waals surface area contributed by atoms with Crippen LogP contribution < -0.4 is 10.1 Å². The first-order chi connectivity index (χ1) is 13.2. The average Bonchev–Trinajstić information content (AvgIpc) is 2.93. The second-order valence-electron chi connectivity index (χ2n) is 6.09. The number of carbonyl (C=O) groups excluding carboxylic acids is 1. The number of fused-ring (bicyclic) bond motifs is 1. The van der Waals surface area contributed by atoms with Gasteiger partial charge in [-0.1, -0.05) is 0 Å². The maximum atomic E-state index is 14.3. The van der Waals surface area contributed by atoms with Crippen molar-refractivity contribution in [2.24, 2.45) is 0 Å². The zero-order valence-electron chi connectivity index (χ0n) is 15.1. The van der Waals surface area contributed by atoms with E-state index in [1.54, 1.807) is 0 Å². The SMILES string of the molecule is CNC(=O)c1cc(OCCCS(C)(=O)=O)c2sc(C(F)(F)P(=O)(O)O)c(Br)c2c1. The molecule has 3 N–H and O–H groups in total. The van der Waals surface area contributed by atoms with Crippen LogP contribution in [0.3, 0.4) is 0 Å². The highest BCUT2D eigenvalue weighted by Gasteiger charge is 2.53. The molecule has 1 amide bonds. The van der Waals surface area contributed by atoms with Crippen molar-refractivity contribution in [2.75, 3.05) is 25.7 Å². The number of alkyl halides is 2. The molecule has 1 aromatic heterocycles. The molecule has 0 spiro atoms. The Morgan fingerprint density at radius 1 is 1.38 bits per heavy atom. The summed E-state index contributed by atoms with van der Waals surface area (Å²) in [6.45, 7) is -0.0703. The molecule has 0 saturated carbocycles. The maximum absolute atomic E-state index is 14.3. The molecular weight excluding hydrogens is 519 g/mol. The van der Waals surface area contributed by atoms with Gasteiger partial charge in [-0.15, -0.1) is 11.3 Å². The van der Waals surface area contributed by atoms with Crippen LogP contribution in [-0.4, -0.2) is 49.8 Å². The van der Waals surface area contributed by atoms with Gasteiger partial charge in [0.1, 0.15) is 20.5 Å². The van der Waals surface area contributed by atoms with Gasteiger partial charge in [-0.2, -0.15) is 8.78 Å². The van der Waals surface area contributed by atoms with Crippen molar-refractivity contribution in [3.63, 3.8) is 0 Å². The van der Waals surface area contributed by atoms with Gasteiger partial charge in [-0.05, 0) is 34.5 Å². The molecule has 0 atom stereocenters. The Bertz CT molecular complexity index is 1100. The fraction of sp³-hybridized carbons (Fsp3) is 0.400. The minimum Gasteiger partial charge on any atom is -0.492 e. The average molecular weight is 536 g/mol. The third kappa shape index (κ3) is 5.33. The number of nitrogens with one attached hydrogen (secondary N) is 1. The van der Waals surface area contributed by atoms with Crippen LogP contribution in [-0.2, 0) is 20.1 Å². The third-order valence-electron chi connectivity index (χ3n) is 3.74. The van der Waals surface area contributed by atoms with Gasteiger partial charge in [0.2, 0.25) is 0 Å². The maximum Gasteiger partial charge on any atom is 0.400 e. The van der Waals surface area contributed by atoms with Crippen molar-refractivity contribution in [2.45, 2.75) is 12.1 Å². The fourth-order valence-corrected chi connectivity index (χ4v) is 5.97. The van der Waals surface area contributed by atoms with E-state index < -0.39 is 33.9 Å². The van der Waals surface area contributed by atoms with Crippen molar-refractivity contribution in [1.82, 2.24) is 5.32 Å². The summed E-state index contributed by atoms with van der Waals surface area (Å²) in [6, 6.07) is 2.58. The number of amides is 1. The lowest BCUT2D eigenvalue weighted by Gasteiger charge is -2.16. The number of hydrogen-bond donors (Lipinski definition) is 3. The predicted molar refractivity (Wildman–Crippen MR) is 109 cm³/mol. The summed E-state index contributed by atoms with van der Waals surface area (Å²) >= 11 is 3.36. The number of carbonyl (C=O) groups is 1. The van der Waals surface area contributed by atoms with Gasteiger partial charge < -0.3 is 19.8 Å². The van der Waals surface area contributed by atoms with Crippen molar-refractivity contribution in [3.8, 4) is 5.75 Å². The highest BCUT2D eigenvalue weighted by atomic mass is 79.9. The number of ether oxygens (including phenoxy) is 1. The summed E-state index contributed by atoms with van der Waals surface area (Å²) in [5.41, 5.74) is -4.38. The molecule has 0 bridgehead atoms. The van der Waals surface area contributed by atoms with E-state index in [-0.39, 0.29) is 44.7 Å². The minimum atomic E-state index is -5.81. The van der Waals surface area contributed by atoms with Gasteiger partial charge in [0.15, 0.2) is 0 Å². The van der Waals surface area contributed by atoms with E-state index in [1.165, 1.54) is 19.2 Å². The summed E-state index contributed by atoms with van der Waals surface area (Å²) in [7, 11) is -7.66. The molecule has 1 aromatic carbocycles. The summed E-state index contributed by atoms with van der Waals surface area (Å²) in [6.07, 6.45) is 1.19. The highest BCUT2D eigenvalue weighted by molar-refractivity contribution is 9.10. The largest absolute Gasteiger partial charge is 0.492 e. The van der Waals surface area contributed by atoms with Crippen molar-refractivity contribution in [1.29, 1.82) is 0 Å². The van der Waals surface area contributed by atoms with Crippen LogP contribution in [0, 0.1) is 0 Å². The molecule has 0 aliphatic heterocycles. The number of rotatable bonds is 8. The molecule has 0 aliphatic rings. The standard InChI is InChI=1S/C15H17BrF2NO7PS2/c1-19-14(20)8-6-9-11(16)13(15(17,18)27(21,22)23)28-12(9)10(7-8)26-4-3-5-29(2,24)25/h6-7H,3-5H2,1-2H3,(H,19,20)(H2,21,22,23). The lowest BCUT2D eigenvalue weighted by atomic mass is 10.1.